The molecule has 0 atom stereocenters. The number of nitrogen functional groups attached to an aromatic ring is 1. The summed E-state index contributed by atoms with van der Waals surface area (Å²) in [5, 5.41) is 9.61. The number of rotatable bonds is 6. The topological polar surface area (TPSA) is 98.3 Å². The molecule has 6 nitrogen and oxygen atoms in total. The predicted octanol–water partition coefficient (Wildman–Crippen LogP) is 4.12. The molecule has 0 amide bonds. The van der Waals surface area contributed by atoms with Crippen LogP contribution in [0.5, 0.6) is 5.75 Å². The van der Waals surface area contributed by atoms with E-state index in [4.69, 9.17) is 10.5 Å². The lowest BCUT2D eigenvalue weighted by Gasteiger charge is -2.14. The fraction of sp³-hybridized carbons (Fsp3) is 0.150. The molecule has 0 radical (unpaired) electrons. The Labute approximate surface area is 165 Å². The quantitative estimate of drug-likeness (QED) is 0.613. The zero-order chi connectivity index (χ0) is 19.4. The molecule has 3 rings (SSSR count). The van der Waals surface area contributed by atoms with Gasteiger partial charge in [0.2, 0.25) is 5.95 Å². The van der Waals surface area contributed by atoms with E-state index in [0.717, 1.165) is 16.5 Å². The van der Waals surface area contributed by atoms with Crippen LogP contribution in [0, 0.1) is 6.92 Å². The fourth-order valence-corrected chi connectivity index (χ4v) is 3.14. The standard InChI is InChI=1S/C20H18BrN3O3/c1-12-17(19(25)26)18(24-20(22)23-12)15-11-14(21)7-8-16(15)27-10-9-13-5-3-2-4-6-13/h2-8,11H,9-10H2,1H3,(H,25,26)(H2,22,23,24). The maximum absolute atomic E-state index is 11.7. The van der Waals surface area contributed by atoms with Gasteiger partial charge in [-0.15, -0.1) is 0 Å². The number of hydrogen-bond acceptors (Lipinski definition) is 5. The van der Waals surface area contributed by atoms with Gasteiger partial charge in [0.15, 0.2) is 0 Å². The van der Waals surface area contributed by atoms with E-state index in [1.165, 1.54) is 0 Å². The highest BCUT2D eigenvalue weighted by atomic mass is 79.9. The second kappa shape index (κ2) is 8.18. The van der Waals surface area contributed by atoms with Crippen LogP contribution in [0.25, 0.3) is 11.3 Å². The molecular formula is C20H18BrN3O3. The molecule has 1 aromatic heterocycles. The van der Waals surface area contributed by atoms with Crippen LogP contribution in [0.3, 0.4) is 0 Å². The third-order valence-corrected chi connectivity index (χ3v) is 4.50. The summed E-state index contributed by atoms with van der Waals surface area (Å²) in [5.74, 6) is -0.561. The number of aromatic carboxylic acids is 1. The number of nitrogens with two attached hydrogens (primary N) is 1. The molecule has 0 fully saturated rings. The van der Waals surface area contributed by atoms with E-state index in [1.54, 1.807) is 19.1 Å². The summed E-state index contributed by atoms with van der Waals surface area (Å²) in [7, 11) is 0. The Balaban J connectivity index is 1.97. The summed E-state index contributed by atoms with van der Waals surface area (Å²) in [6.45, 7) is 2.04. The summed E-state index contributed by atoms with van der Waals surface area (Å²) in [6.07, 6.45) is 0.729. The molecule has 0 spiro atoms. The molecule has 0 unspecified atom stereocenters. The van der Waals surface area contributed by atoms with E-state index in [0.29, 0.717) is 23.6 Å². The first-order valence-corrected chi connectivity index (χ1v) is 9.09. The van der Waals surface area contributed by atoms with Gasteiger partial charge in [0, 0.05) is 16.5 Å². The first-order valence-electron chi connectivity index (χ1n) is 8.29. The van der Waals surface area contributed by atoms with Crippen LogP contribution in [0.15, 0.2) is 53.0 Å². The van der Waals surface area contributed by atoms with Gasteiger partial charge in [-0.25, -0.2) is 14.8 Å². The van der Waals surface area contributed by atoms with Crippen molar-refractivity contribution in [2.24, 2.45) is 0 Å². The molecule has 27 heavy (non-hydrogen) atoms. The SMILES string of the molecule is Cc1nc(N)nc(-c2cc(Br)ccc2OCCc2ccccc2)c1C(=O)O. The van der Waals surface area contributed by atoms with Crippen molar-refractivity contribution in [2.45, 2.75) is 13.3 Å². The van der Waals surface area contributed by atoms with Crippen molar-refractivity contribution in [3.8, 4) is 17.0 Å². The molecule has 138 valence electrons. The van der Waals surface area contributed by atoms with Gasteiger partial charge in [0.05, 0.1) is 18.0 Å². The summed E-state index contributed by atoms with van der Waals surface area (Å²) in [5.41, 5.74) is 8.02. The number of carbonyl (C=O) groups is 1. The Bertz CT molecular complexity index is 978. The first kappa shape index (κ1) is 18.8. The number of carboxylic acids is 1. The second-order valence-electron chi connectivity index (χ2n) is 5.92. The molecule has 2 aromatic carbocycles. The summed E-state index contributed by atoms with van der Waals surface area (Å²) >= 11 is 3.42. The average Bonchev–Trinajstić information content (AvgIpc) is 2.62. The van der Waals surface area contributed by atoms with Crippen LogP contribution in [-0.4, -0.2) is 27.7 Å². The Kier molecular flexibility index (Phi) is 5.71. The minimum absolute atomic E-state index is 0.00945. The smallest absolute Gasteiger partial charge is 0.339 e. The van der Waals surface area contributed by atoms with Crippen LogP contribution >= 0.6 is 15.9 Å². The second-order valence-corrected chi connectivity index (χ2v) is 6.84. The first-order chi connectivity index (χ1) is 13.0. The third kappa shape index (κ3) is 4.43. The minimum atomic E-state index is -1.11. The minimum Gasteiger partial charge on any atom is -0.493 e. The molecule has 7 heteroatoms. The Morgan fingerprint density at radius 1 is 1.19 bits per heavy atom. The molecule has 3 N–H and O–H groups in total. The van der Waals surface area contributed by atoms with E-state index in [-0.39, 0.29) is 17.2 Å². The maximum Gasteiger partial charge on any atom is 0.339 e. The molecule has 0 bridgehead atoms. The van der Waals surface area contributed by atoms with E-state index < -0.39 is 5.97 Å². The summed E-state index contributed by atoms with van der Waals surface area (Å²) in [6, 6.07) is 15.4. The number of benzene rings is 2. The number of nitrogens with zero attached hydrogens (tertiary/aromatic N) is 2. The zero-order valence-corrected chi connectivity index (χ0v) is 16.2. The van der Waals surface area contributed by atoms with E-state index in [9.17, 15) is 9.90 Å². The van der Waals surface area contributed by atoms with Gasteiger partial charge < -0.3 is 15.6 Å². The van der Waals surface area contributed by atoms with Gasteiger partial charge in [-0.05, 0) is 30.7 Å². The van der Waals surface area contributed by atoms with Crippen LogP contribution < -0.4 is 10.5 Å². The molecule has 0 aliphatic carbocycles. The van der Waals surface area contributed by atoms with Crippen LogP contribution in [0.4, 0.5) is 5.95 Å². The largest absolute Gasteiger partial charge is 0.493 e. The van der Waals surface area contributed by atoms with E-state index >= 15 is 0 Å². The third-order valence-electron chi connectivity index (χ3n) is 4.01. The molecule has 0 saturated carbocycles. The van der Waals surface area contributed by atoms with E-state index in [2.05, 4.69) is 25.9 Å². The number of anilines is 1. The van der Waals surface area contributed by atoms with Gasteiger partial charge in [-0.1, -0.05) is 46.3 Å². The van der Waals surface area contributed by atoms with E-state index in [1.807, 2.05) is 36.4 Å². The molecular weight excluding hydrogens is 410 g/mol. The highest BCUT2D eigenvalue weighted by Crippen LogP contribution is 2.35. The average molecular weight is 428 g/mol. The van der Waals surface area contributed by atoms with Crippen molar-refractivity contribution in [2.75, 3.05) is 12.3 Å². The van der Waals surface area contributed by atoms with Gasteiger partial charge in [0.25, 0.3) is 0 Å². The molecule has 0 saturated heterocycles. The summed E-state index contributed by atoms with van der Waals surface area (Å²) < 4.78 is 6.73. The van der Waals surface area contributed by atoms with Crippen molar-refractivity contribution in [3.63, 3.8) is 0 Å². The van der Waals surface area contributed by atoms with Crippen molar-refractivity contribution in [1.29, 1.82) is 0 Å². The summed E-state index contributed by atoms with van der Waals surface area (Å²) in [4.78, 5) is 19.9. The lowest BCUT2D eigenvalue weighted by Crippen LogP contribution is -2.11. The van der Waals surface area contributed by atoms with Crippen molar-refractivity contribution >= 4 is 27.8 Å². The predicted molar refractivity (Wildman–Crippen MR) is 107 cm³/mol. The lowest BCUT2D eigenvalue weighted by atomic mass is 10.0. The number of hydrogen-bond donors (Lipinski definition) is 2. The number of carboxylic acid groups (broad SMARTS) is 1. The molecule has 0 aliphatic heterocycles. The van der Waals surface area contributed by atoms with Gasteiger partial charge in [-0.3, -0.25) is 0 Å². The van der Waals surface area contributed by atoms with Gasteiger partial charge in [0.1, 0.15) is 11.3 Å². The van der Waals surface area contributed by atoms with Crippen LogP contribution in [0.2, 0.25) is 0 Å². The monoisotopic (exact) mass is 427 g/mol. The van der Waals surface area contributed by atoms with Gasteiger partial charge in [-0.2, -0.15) is 0 Å². The highest BCUT2D eigenvalue weighted by Gasteiger charge is 2.21. The number of aromatic nitrogens is 2. The normalized spacial score (nSPS) is 10.6. The van der Waals surface area contributed by atoms with Crippen molar-refractivity contribution in [3.05, 3.63) is 69.8 Å². The van der Waals surface area contributed by atoms with Gasteiger partial charge >= 0.3 is 5.97 Å². The molecule has 0 aliphatic rings. The van der Waals surface area contributed by atoms with Crippen LogP contribution in [0.1, 0.15) is 21.6 Å². The lowest BCUT2D eigenvalue weighted by molar-refractivity contribution is 0.0696. The zero-order valence-electron chi connectivity index (χ0n) is 14.6. The fourth-order valence-electron chi connectivity index (χ4n) is 2.78. The Morgan fingerprint density at radius 2 is 1.93 bits per heavy atom. The molecule has 1 heterocycles. The number of ether oxygens (including phenoxy) is 1. The highest BCUT2D eigenvalue weighted by molar-refractivity contribution is 9.10. The van der Waals surface area contributed by atoms with Crippen LogP contribution in [-0.2, 0) is 6.42 Å². The van der Waals surface area contributed by atoms with Crippen molar-refractivity contribution in [1.82, 2.24) is 9.97 Å². The maximum atomic E-state index is 11.7. The Hall–Kier alpha value is -2.93. The Morgan fingerprint density at radius 3 is 2.63 bits per heavy atom. The number of aryl methyl sites for hydroxylation is 1. The number of halogens is 1. The molecule has 3 aromatic rings. The van der Waals surface area contributed by atoms with Crippen molar-refractivity contribution < 1.29 is 14.6 Å².